The third kappa shape index (κ3) is 1.59. The number of fused-ring (bicyclic) bond motifs is 1. The van der Waals surface area contributed by atoms with Crippen LogP contribution in [0.25, 0.3) is 5.65 Å². The van der Waals surface area contributed by atoms with E-state index in [1.54, 1.807) is 0 Å². The lowest BCUT2D eigenvalue weighted by Gasteiger charge is -2.27. The van der Waals surface area contributed by atoms with E-state index in [9.17, 15) is 0 Å². The molecule has 1 aliphatic rings. The van der Waals surface area contributed by atoms with Gasteiger partial charge in [0.05, 0.1) is 0 Å². The molecule has 3 rings (SSSR count). The summed E-state index contributed by atoms with van der Waals surface area (Å²) < 4.78 is 2.12. The van der Waals surface area contributed by atoms with Crippen molar-refractivity contribution in [3.05, 3.63) is 30.2 Å². The van der Waals surface area contributed by atoms with Gasteiger partial charge in [-0.2, -0.15) is 0 Å². The number of pyridine rings is 1. The van der Waals surface area contributed by atoms with Crippen LogP contribution >= 0.6 is 0 Å². The topological polar surface area (TPSA) is 33.4 Å². The van der Waals surface area contributed by atoms with Gasteiger partial charge in [0.2, 0.25) is 0 Å². The Hall–Kier alpha value is -1.42. The predicted molar refractivity (Wildman–Crippen MR) is 62.5 cm³/mol. The Kier molecular flexibility index (Phi) is 2.36. The van der Waals surface area contributed by atoms with Gasteiger partial charge in [0.15, 0.2) is 5.65 Å². The highest BCUT2D eigenvalue weighted by atomic mass is 15.2. The van der Waals surface area contributed by atoms with Crippen molar-refractivity contribution in [3.63, 3.8) is 0 Å². The first kappa shape index (κ1) is 9.78. The van der Waals surface area contributed by atoms with E-state index in [0.29, 0.717) is 5.92 Å². The highest BCUT2D eigenvalue weighted by Crippen LogP contribution is 2.26. The van der Waals surface area contributed by atoms with Gasteiger partial charge >= 0.3 is 0 Å². The molecule has 0 aromatic carbocycles. The molecule has 0 radical (unpaired) electrons. The van der Waals surface area contributed by atoms with Crippen molar-refractivity contribution in [3.8, 4) is 0 Å². The molecule has 16 heavy (non-hydrogen) atoms. The van der Waals surface area contributed by atoms with Gasteiger partial charge in [-0.15, -0.1) is 10.2 Å². The standard InChI is InChI=1S/C12H16N4/c1-15-8-5-10(6-9-15)12-14-13-11-4-2-3-7-16(11)12/h2-4,7,10H,5-6,8-9H2,1H3. The van der Waals surface area contributed by atoms with E-state index in [1.165, 1.54) is 12.8 Å². The van der Waals surface area contributed by atoms with Gasteiger partial charge in [0.1, 0.15) is 5.82 Å². The minimum atomic E-state index is 0.564. The second-order valence-corrected chi connectivity index (χ2v) is 4.56. The highest BCUT2D eigenvalue weighted by molar-refractivity contribution is 5.37. The van der Waals surface area contributed by atoms with Gasteiger partial charge in [-0.05, 0) is 45.1 Å². The predicted octanol–water partition coefficient (Wildman–Crippen LogP) is 1.54. The molecule has 1 aliphatic heterocycles. The molecule has 84 valence electrons. The van der Waals surface area contributed by atoms with Crippen LogP contribution in [-0.4, -0.2) is 39.6 Å². The fourth-order valence-corrected chi connectivity index (χ4v) is 2.41. The maximum Gasteiger partial charge on any atom is 0.160 e. The van der Waals surface area contributed by atoms with Crippen molar-refractivity contribution in [1.82, 2.24) is 19.5 Å². The number of hydrogen-bond donors (Lipinski definition) is 0. The quantitative estimate of drug-likeness (QED) is 0.725. The Morgan fingerprint density at radius 3 is 2.81 bits per heavy atom. The van der Waals surface area contributed by atoms with E-state index in [0.717, 1.165) is 24.6 Å². The van der Waals surface area contributed by atoms with Crippen LogP contribution in [0, 0.1) is 0 Å². The second kappa shape index (κ2) is 3.87. The number of aromatic nitrogens is 3. The fourth-order valence-electron chi connectivity index (χ4n) is 2.41. The van der Waals surface area contributed by atoms with Crippen LogP contribution < -0.4 is 0 Å². The van der Waals surface area contributed by atoms with Crippen molar-refractivity contribution >= 4 is 5.65 Å². The third-order valence-corrected chi connectivity index (χ3v) is 3.42. The van der Waals surface area contributed by atoms with Gasteiger partial charge in [0, 0.05) is 12.1 Å². The molecule has 2 aromatic heterocycles. The Labute approximate surface area is 94.9 Å². The minimum Gasteiger partial charge on any atom is -0.306 e. The van der Waals surface area contributed by atoms with Crippen LogP contribution in [0.5, 0.6) is 0 Å². The Morgan fingerprint density at radius 2 is 2.00 bits per heavy atom. The SMILES string of the molecule is CN1CCC(c2nnc3ccccn23)CC1. The summed E-state index contributed by atoms with van der Waals surface area (Å²) in [7, 11) is 2.18. The first-order valence-corrected chi connectivity index (χ1v) is 5.83. The summed E-state index contributed by atoms with van der Waals surface area (Å²) in [5, 5.41) is 8.55. The van der Waals surface area contributed by atoms with Crippen molar-refractivity contribution in [2.24, 2.45) is 0 Å². The lowest BCUT2D eigenvalue weighted by molar-refractivity contribution is 0.250. The van der Waals surface area contributed by atoms with E-state index in [2.05, 4.69) is 32.7 Å². The molecule has 0 unspecified atom stereocenters. The van der Waals surface area contributed by atoms with E-state index < -0.39 is 0 Å². The maximum absolute atomic E-state index is 4.34. The van der Waals surface area contributed by atoms with Crippen molar-refractivity contribution in [1.29, 1.82) is 0 Å². The summed E-state index contributed by atoms with van der Waals surface area (Å²) in [4.78, 5) is 2.37. The van der Waals surface area contributed by atoms with Crippen molar-refractivity contribution in [2.75, 3.05) is 20.1 Å². The molecule has 2 aromatic rings. The molecule has 4 heteroatoms. The molecule has 0 aliphatic carbocycles. The van der Waals surface area contributed by atoms with Crippen LogP contribution in [0.1, 0.15) is 24.6 Å². The Balaban J connectivity index is 1.94. The first-order chi connectivity index (χ1) is 7.84. The van der Waals surface area contributed by atoms with E-state index in [1.807, 2.05) is 18.2 Å². The normalized spacial score (nSPS) is 19.3. The number of hydrogen-bond acceptors (Lipinski definition) is 3. The van der Waals surface area contributed by atoms with Crippen molar-refractivity contribution in [2.45, 2.75) is 18.8 Å². The summed E-state index contributed by atoms with van der Waals surface area (Å²) in [6, 6.07) is 6.04. The highest BCUT2D eigenvalue weighted by Gasteiger charge is 2.22. The van der Waals surface area contributed by atoms with Crippen LogP contribution in [0.4, 0.5) is 0 Å². The zero-order valence-electron chi connectivity index (χ0n) is 9.50. The average molecular weight is 216 g/mol. The largest absolute Gasteiger partial charge is 0.306 e. The van der Waals surface area contributed by atoms with Gasteiger partial charge in [0.25, 0.3) is 0 Å². The van der Waals surface area contributed by atoms with Gasteiger partial charge in [-0.1, -0.05) is 6.07 Å². The smallest absolute Gasteiger partial charge is 0.160 e. The zero-order chi connectivity index (χ0) is 11.0. The Morgan fingerprint density at radius 1 is 1.19 bits per heavy atom. The lowest BCUT2D eigenvalue weighted by atomic mass is 9.96. The van der Waals surface area contributed by atoms with E-state index in [4.69, 9.17) is 0 Å². The summed E-state index contributed by atoms with van der Waals surface area (Å²) in [6.45, 7) is 2.32. The van der Waals surface area contributed by atoms with Gasteiger partial charge < -0.3 is 4.90 Å². The molecule has 1 saturated heterocycles. The van der Waals surface area contributed by atoms with Crippen LogP contribution in [0.2, 0.25) is 0 Å². The lowest BCUT2D eigenvalue weighted by Crippen LogP contribution is -2.29. The molecule has 0 spiro atoms. The molecule has 4 nitrogen and oxygen atoms in total. The summed E-state index contributed by atoms with van der Waals surface area (Å²) in [5.41, 5.74) is 0.955. The summed E-state index contributed by atoms with van der Waals surface area (Å²) in [6.07, 6.45) is 4.43. The number of piperidine rings is 1. The third-order valence-electron chi connectivity index (χ3n) is 3.42. The number of rotatable bonds is 1. The fraction of sp³-hybridized carbons (Fsp3) is 0.500. The van der Waals surface area contributed by atoms with E-state index in [-0.39, 0.29) is 0 Å². The number of nitrogens with zero attached hydrogens (tertiary/aromatic N) is 4. The molecule has 0 saturated carbocycles. The molecule has 0 bridgehead atoms. The molecule has 1 fully saturated rings. The average Bonchev–Trinajstić information content (AvgIpc) is 2.74. The molecule has 0 amide bonds. The van der Waals surface area contributed by atoms with Crippen LogP contribution in [-0.2, 0) is 0 Å². The maximum atomic E-state index is 4.34. The van der Waals surface area contributed by atoms with Crippen LogP contribution in [0.15, 0.2) is 24.4 Å². The van der Waals surface area contributed by atoms with E-state index >= 15 is 0 Å². The van der Waals surface area contributed by atoms with Gasteiger partial charge in [-0.3, -0.25) is 4.40 Å². The minimum absolute atomic E-state index is 0.564. The first-order valence-electron chi connectivity index (χ1n) is 5.83. The molecule has 0 atom stereocenters. The number of likely N-dealkylation sites (tertiary alicyclic amines) is 1. The monoisotopic (exact) mass is 216 g/mol. The summed E-state index contributed by atoms with van der Waals surface area (Å²) >= 11 is 0. The molecule has 0 N–H and O–H groups in total. The zero-order valence-corrected chi connectivity index (χ0v) is 9.50. The van der Waals surface area contributed by atoms with Crippen molar-refractivity contribution < 1.29 is 0 Å². The molecular weight excluding hydrogens is 200 g/mol. The second-order valence-electron chi connectivity index (χ2n) is 4.56. The Bertz CT molecular complexity index is 482. The molecule has 3 heterocycles. The van der Waals surface area contributed by atoms with Crippen LogP contribution in [0.3, 0.4) is 0 Å². The molecular formula is C12H16N4. The summed E-state index contributed by atoms with van der Waals surface area (Å²) in [5.74, 6) is 1.69. The van der Waals surface area contributed by atoms with Gasteiger partial charge in [-0.25, -0.2) is 0 Å².